The molecule has 3 heterocycles. The molecular weight excluding hydrogens is 424 g/mol. The minimum Gasteiger partial charge on any atom is -0.491 e. The Bertz CT molecular complexity index is 1410. The molecule has 0 unspecified atom stereocenters. The molecule has 0 atom stereocenters. The van der Waals surface area contributed by atoms with Gasteiger partial charge in [0.2, 0.25) is 0 Å². The third-order valence-corrected chi connectivity index (χ3v) is 6.93. The molecule has 0 spiro atoms. The first kappa shape index (κ1) is 20.8. The first-order valence-electron chi connectivity index (χ1n) is 11.9. The summed E-state index contributed by atoms with van der Waals surface area (Å²) in [7, 11) is 0. The molecule has 6 heteroatoms. The minimum absolute atomic E-state index is 0.0864. The number of rotatable bonds is 1. The normalized spacial score (nSPS) is 15.5. The summed E-state index contributed by atoms with van der Waals surface area (Å²) >= 11 is 0. The van der Waals surface area contributed by atoms with E-state index in [0.29, 0.717) is 26.2 Å². The van der Waals surface area contributed by atoms with E-state index in [2.05, 4.69) is 71.5 Å². The second kappa shape index (κ2) is 8.20. The summed E-state index contributed by atoms with van der Waals surface area (Å²) in [5.41, 5.74) is 8.98. The number of carbonyl (C=O) groups is 1. The van der Waals surface area contributed by atoms with Crippen LogP contribution in [0.5, 0.6) is 5.75 Å². The summed E-state index contributed by atoms with van der Waals surface area (Å²) in [6.07, 6.45) is 0.904. The number of nitrogens with one attached hydrogen (secondary N) is 1. The number of ether oxygens (including phenoxy) is 1. The zero-order valence-corrected chi connectivity index (χ0v) is 19.6. The zero-order valence-electron chi connectivity index (χ0n) is 19.6. The number of nitrogens with zero attached hydrogens (tertiary/aromatic N) is 3. The number of benzene rings is 3. The van der Waals surface area contributed by atoms with Gasteiger partial charge in [0, 0.05) is 18.7 Å². The number of fused-ring (bicyclic) bond motifs is 3. The van der Waals surface area contributed by atoms with Gasteiger partial charge in [-0.3, -0.25) is 0 Å². The van der Waals surface area contributed by atoms with Crippen LogP contribution in [-0.4, -0.2) is 45.5 Å². The standard InChI is InChI=1S/C28H28N4O2/c1-18-13-23(21-7-8-25-26(15-21)30-19(2)29-25)14-24-17-32(11-12-34-27(18)24)28(33)31-10-9-20-5-3-4-6-22(20)16-31/h3-8,13-15H,9-12,16-17H2,1-2H3,(H,29,30). The van der Waals surface area contributed by atoms with E-state index in [1.807, 2.05) is 16.7 Å². The van der Waals surface area contributed by atoms with Gasteiger partial charge in [0.25, 0.3) is 0 Å². The Balaban J connectivity index is 1.29. The molecule has 3 aromatic carbocycles. The number of H-pyrrole nitrogens is 1. The SMILES string of the molecule is Cc1nc2ccc(-c3cc(C)c4c(c3)CN(C(=O)N3CCc5ccccc5C3)CCO4)cc2[nH]1. The smallest absolute Gasteiger partial charge is 0.320 e. The van der Waals surface area contributed by atoms with E-state index in [1.54, 1.807) is 0 Å². The Morgan fingerprint density at radius 3 is 2.59 bits per heavy atom. The molecule has 6 rings (SSSR count). The van der Waals surface area contributed by atoms with Crippen molar-refractivity contribution in [3.05, 3.63) is 82.7 Å². The lowest BCUT2D eigenvalue weighted by Gasteiger charge is -2.33. The summed E-state index contributed by atoms with van der Waals surface area (Å²) in [6, 6.07) is 19.1. The number of aryl methyl sites for hydroxylation is 2. The number of aromatic nitrogens is 2. The summed E-state index contributed by atoms with van der Waals surface area (Å²) in [6.45, 7) is 7.11. The van der Waals surface area contributed by atoms with E-state index < -0.39 is 0 Å². The number of hydrogen-bond donors (Lipinski definition) is 1. The summed E-state index contributed by atoms with van der Waals surface area (Å²) in [4.78, 5) is 25.2. The Labute approximate surface area is 199 Å². The average molecular weight is 453 g/mol. The predicted molar refractivity (Wildman–Crippen MR) is 133 cm³/mol. The van der Waals surface area contributed by atoms with Gasteiger partial charge in [0.1, 0.15) is 18.2 Å². The highest BCUT2D eigenvalue weighted by Crippen LogP contribution is 2.34. The third kappa shape index (κ3) is 3.69. The van der Waals surface area contributed by atoms with Gasteiger partial charge in [0.15, 0.2) is 0 Å². The summed E-state index contributed by atoms with van der Waals surface area (Å²) in [5, 5.41) is 0. The lowest BCUT2D eigenvalue weighted by molar-refractivity contribution is 0.140. The second-order valence-corrected chi connectivity index (χ2v) is 9.33. The molecule has 0 aliphatic carbocycles. The van der Waals surface area contributed by atoms with Gasteiger partial charge in [0.05, 0.1) is 24.1 Å². The molecule has 1 aromatic heterocycles. The molecule has 34 heavy (non-hydrogen) atoms. The van der Waals surface area contributed by atoms with Crippen LogP contribution in [0.3, 0.4) is 0 Å². The van der Waals surface area contributed by atoms with Crippen molar-refractivity contribution in [1.29, 1.82) is 0 Å². The van der Waals surface area contributed by atoms with Crippen molar-refractivity contribution in [2.45, 2.75) is 33.4 Å². The van der Waals surface area contributed by atoms with Crippen LogP contribution in [0.2, 0.25) is 0 Å². The number of aromatic amines is 1. The maximum atomic E-state index is 13.5. The number of carbonyl (C=O) groups excluding carboxylic acids is 1. The molecule has 2 aliphatic heterocycles. The highest BCUT2D eigenvalue weighted by molar-refractivity contribution is 5.82. The van der Waals surface area contributed by atoms with E-state index in [1.165, 1.54) is 11.1 Å². The van der Waals surface area contributed by atoms with Gasteiger partial charge in [-0.1, -0.05) is 30.3 Å². The van der Waals surface area contributed by atoms with Crippen LogP contribution in [0.25, 0.3) is 22.2 Å². The molecule has 0 bridgehead atoms. The Kier molecular flexibility index (Phi) is 5.01. The summed E-state index contributed by atoms with van der Waals surface area (Å²) < 4.78 is 6.14. The molecule has 1 N–H and O–H groups in total. The van der Waals surface area contributed by atoms with Crippen molar-refractivity contribution in [2.75, 3.05) is 19.7 Å². The van der Waals surface area contributed by atoms with Crippen molar-refractivity contribution < 1.29 is 9.53 Å². The van der Waals surface area contributed by atoms with E-state index in [0.717, 1.165) is 57.8 Å². The monoisotopic (exact) mass is 452 g/mol. The van der Waals surface area contributed by atoms with Crippen molar-refractivity contribution in [3.8, 4) is 16.9 Å². The van der Waals surface area contributed by atoms with Crippen LogP contribution in [0.1, 0.15) is 28.1 Å². The van der Waals surface area contributed by atoms with Crippen LogP contribution in [-0.2, 0) is 19.5 Å². The zero-order chi connectivity index (χ0) is 23.2. The van der Waals surface area contributed by atoms with Crippen LogP contribution in [0.4, 0.5) is 4.79 Å². The highest BCUT2D eigenvalue weighted by Gasteiger charge is 2.28. The minimum atomic E-state index is 0.0864. The second-order valence-electron chi connectivity index (χ2n) is 9.33. The van der Waals surface area contributed by atoms with Gasteiger partial charge in [-0.25, -0.2) is 9.78 Å². The van der Waals surface area contributed by atoms with Gasteiger partial charge in [-0.2, -0.15) is 0 Å². The van der Waals surface area contributed by atoms with Gasteiger partial charge in [-0.15, -0.1) is 0 Å². The molecule has 4 aromatic rings. The predicted octanol–water partition coefficient (Wildman–Crippen LogP) is 5.22. The van der Waals surface area contributed by atoms with Crippen molar-refractivity contribution >= 4 is 17.1 Å². The molecule has 2 aliphatic rings. The Morgan fingerprint density at radius 2 is 1.71 bits per heavy atom. The van der Waals surface area contributed by atoms with Crippen LogP contribution in [0.15, 0.2) is 54.6 Å². The fourth-order valence-electron chi connectivity index (χ4n) is 5.22. The Morgan fingerprint density at radius 1 is 0.912 bits per heavy atom. The van der Waals surface area contributed by atoms with Crippen molar-refractivity contribution in [1.82, 2.24) is 19.8 Å². The van der Waals surface area contributed by atoms with E-state index in [4.69, 9.17) is 4.74 Å². The highest BCUT2D eigenvalue weighted by atomic mass is 16.5. The topological polar surface area (TPSA) is 61.5 Å². The summed E-state index contributed by atoms with van der Waals surface area (Å²) in [5.74, 6) is 1.81. The third-order valence-electron chi connectivity index (χ3n) is 6.93. The number of hydrogen-bond acceptors (Lipinski definition) is 3. The van der Waals surface area contributed by atoms with Crippen LogP contribution >= 0.6 is 0 Å². The fourth-order valence-corrected chi connectivity index (χ4v) is 5.22. The lowest BCUT2D eigenvalue weighted by Crippen LogP contribution is -2.45. The van der Waals surface area contributed by atoms with Gasteiger partial charge >= 0.3 is 6.03 Å². The molecule has 0 radical (unpaired) electrons. The molecule has 172 valence electrons. The quantitative estimate of drug-likeness (QED) is 0.431. The number of urea groups is 1. The number of imidazole rings is 1. The van der Waals surface area contributed by atoms with Crippen molar-refractivity contribution in [3.63, 3.8) is 0 Å². The molecule has 6 nitrogen and oxygen atoms in total. The largest absolute Gasteiger partial charge is 0.491 e. The van der Waals surface area contributed by atoms with Gasteiger partial charge in [-0.05, 0) is 72.4 Å². The van der Waals surface area contributed by atoms with E-state index in [9.17, 15) is 4.79 Å². The molecule has 2 amide bonds. The maximum absolute atomic E-state index is 13.5. The fraction of sp³-hybridized carbons (Fsp3) is 0.286. The Hall–Kier alpha value is -3.80. The van der Waals surface area contributed by atoms with Crippen molar-refractivity contribution in [2.24, 2.45) is 0 Å². The maximum Gasteiger partial charge on any atom is 0.320 e. The average Bonchev–Trinajstić information content (AvgIpc) is 3.08. The van der Waals surface area contributed by atoms with Crippen LogP contribution < -0.4 is 4.74 Å². The number of amides is 2. The lowest BCUT2D eigenvalue weighted by atomic mass is 9.98. The molecule has 0 saturated carbocycles. The van der Waals surface area contributed by atoms with Crippen LogP contribution in [0, 0.1) is 13.8 Å². The molecule has 0 fully saturated rings. The van der Waals surface area contributed by atoms with E-state index >= 15 is 0 Å². The molecular formula is C28H28N4O2. The first-order chi connectivity index (χ1) is 16.5. The van der Waals surface area contributed by atoms with Gasteiger partial charge < -0.3 is 19.5 Å². The first-order valence-corrected chi connectivity index (χ1v) is 11.9. The molecule has 0 saturated heterocycles. The van der Waals surface area contributed by atoms with E-state index in [-0.39, 0.29) is 6.03 Å².